The van der Waals surface area contributed by atoms with Gasteiger partial charge >= 0.3 is 5.97 Å². The highest BCUT2D eigenvalue weighted by Gasteiger charge is 2.42. The van der Waals surface area contributed by atoms with E-state index in [1.165, 1.54) is 29.3 Å². The monoisotopic (exact) mass is 312 g/mol. The summed E-state index contributed by atoms with van der Waals surface area (Å²) in [5.41, 5.74) is 3.98. The lowest BCUT2D eigenvalue weighted by atomic mass is 9.77. The van der Waals surface area contributed by atoms with Gasteiger partial charge in [-0.3, -0.25) is 9.69 Å². The number of hydrogen-bond donors (Lipinski definition) is 1. The predicted octanol–water partition coefficient (Wildman–Crippen LogP) is 3.29. The number of H-pyrrole nitrogens is 1. The minimum absolute atomic E-state index is 0.0172. The Hall–Kier alpha value is -1.81. The highest BCUT2D eigenvalue weighted by Crippen LogP contribution is 2.43. The molecule has 122 valence electrons. The van der Waals surface area contributed by atoms with Crippen molar-refractivity contribution in [3.8, 4) is 0 Å². The Balaban J connectivity index is 1.73. The Labute approximate surface area is 136 Å². The molecular formula is C19H24N2O2. The van der Waals surface area contributed by atoms with E-state index in [4.69, 9.17) is 4.74 Å². The lowest BCUT2D eigenvalue weighted by molar-refractivity contribution is -0.151. The SMILES string of the molecule is CC[C@H]1CN2CCc3c([nH]c4ccccc34)[C@@H]2C[C@@H]1C(=O)OC. The van der Waals surface area contributed by atoms with Crippen molar-refractivity contribution in [1.82, 2.24) is 9.88 Å². The number of para-hydroxylation sites is 1. The van der Waals surface area contributed by atoms with Crippen LogP contribution in [-0.4, -0.2) is 36.1 Å². The van der Waals surface area contributed by atoms with Gasteiger partial charge in [0.2, 0.25) is 0 Å². The van der Waals surface area contributed by atoms with Gasteiger partial charge < -0.3 is 9.72 Å². The number of ether oxygens (including phenoxy) is 1. The summed E-state index contributed by atoms with van der Waals surface area (Å²) in [6, 6.07) is 8.85. The summed E-state index contributed by atoms with van der Waals surface area (Å²) in [7, 11) is 1.51. The van der Waals surface area contributed by atoms with Gasteiger partial charge in [0.1, 0.15) is 0 Å². The molecule has 0 spiro atoms. The highest BCUT2D eigenvalue weighted by molar-refractivity contribution is 5.85. The molecule has 2 aliphatic rings. The van der Waals surface area contributed by atoms with Gasteiger partial charge in [-0.25, -0.2) is 0 Å². The third kappa shape index (κ3) is 2.27. The number of benzene rings is 1. The molecule has 2 aliphatic heterocycles. The van der Waals surface area contributed by atoms with E-state index in [-0.39, 0.29) is 11.9 Å². The van der Waals surface area contributed by atoms with Gasteiger partial charge in [0.15, 0.2) is 0 Å². The van der Waals surface area contributed by atoms with Crippen molar-refractivity contribution in [2.45, 2.75) is 32.2 Å². The fraction of sp³-hybridized carbons (Fsp3) is 0.526. The van der Waals surface area contributed by atoms with Gasteiger partial charge in [0, 0.05) is 29.7 Å². The molecule has 1 aromatic carbocycles. The summed E-state index contributed by atoms with van der Waals surface area (Å²) in [4.78, 5) is 18.4. The Morgan fingerprint density at radius 2 is 2.22 bits per heavy atom. The smallest absolute Gasteiger partial charge is 0.309 e. The first-order valence-electron chi connectivity index (χ1n) is 8.64. The summed E-state index contributed by atoms with van der Waals surface area (Å²) in [5.74, 6) is 0.382. The van der Waals surface area contributed by atoms with E-state index >= 15 is 0 Å². The summed E-state index contributed by atoms with van der Waals surface area (Å²) >= 11 is 0. The summed E-state index contributed by atoms with van der Waals surface area (Å²) < 4.78 is 5.08. The van der Waals surface area contributed by atoms with Crippen LogP contribution in [0.5, 0.6) is 0 Å². The Kier molecular flexibility index (Phi) is 3.64. The van der Waals surface area contributed by atoms with Crippen LogP contribution in [0.25, 0.3) is 10.9 Å². The fourth-order valence-electron chi connectivity index (χ4n) is 4.57. The average molecular weight is 312 g/mol. The second kappa shape index (κ2) is 5.68. The van der Waals surface area contributed by atoms with Crippen molar-refractivity contribution in [1.29, 1.82) is 0 Å². The normalized spacial score (nSPS) is 27.5. The molecule has 1 fully saturated rings. The second-order valence-corrected chi connectivity index (χ2v) is 6.86. The Bertz CT molecular complexity index is 736. The van der Waals surface area contributed by atoms with Crippen LogP contribution in [0.4, 0.5) is 0 Å². The molecule has 0 amide bonds. The molecule has 23 heavy (non-hydrogen) atoms. The highest BCUT2D eigenvalue weighted by atomic mass is 16.5. The van der Waals surface area contributed by atoms with E-state index in [1.54, 1.807) is 0 Å². The van der Waals surface area contributed by atoms with Crippen molar-refractivity contribution < 1.29 is 9.53 Å². The number of carbonyl (C=O) groups excluding carboxylic acids is 1. The quantitative estimate of drug-likeness (QED) is 0.866. The number of aromatic amines is 1. The minimum atomic E-state index is -0.0419. The minimum Gasteiger partial charge on any atom is -0.469 e. The molecule has 1 saturated heterocycles. The van der Waals surface area contributed by atoms with E-state index < -0.39 is 0 Å². The zero-order valence-corrected chi connectivity index (χ0v) is 13.8. The first kappa shape index (κ1) is 14.8. The van der Waals surface area contributed by atoms with Crippen molar-refractivity contribution in [3.63, 3.8) is 0 Å². The molecule has 4 nitrogen and oxygen atoms in total. The van der Waals surface area contributed by atoms with E-state index in [0.29, 0.717) is 12.0 Å². The molecule has 0 unspecified atom stereocenters. The van der Waals surface area contributed by atoms with Crippen LogP contribution in [0.15, 0.2) is 24.3 Å². The third-order valence-electron chi connectivity index (χ3n) is 5.81. The summed E-state index contributed by atoms with van der Waals surface area (Å²) in [6.45, 7) is 4.26. The van der Waals surface area contributed by atoms with E-state index in [0.717, 1.165) is 32.4 Å². The molecule has 1 N–H and O–H groups in total. The number of hydrogen-bond acceptors (Lipinski definition) is 3. The average Bonchev–Trinajstić information content (AvgIpc) is 2.98. The zero-order chi connectivity index (χ0) is 16.0. The van der Waals surface area contributed by atoms with Crippen LogP contribution in [-0.2, 0) is 16.0 Å². The zero-order valence-electron chi connectivity index (χ0n) is 13.8. The van der Waals surface area contributed by atoms with Crippen molar-refractivity contribution >= 4 is 16.9 Å². The van der Waals surface area contributed by atoms with E-state index in [2.05, 4.69) is 41.1 Å². The van der Waals surface area contributed by atoms with E-state index in [1.807, 2.05) is 0 Å². The van der Waals surface area contributed by atoms with Gasteiger partial charge in [-0.05, 0) is 30.4 Å². The first-order chi connectivity index (χ1) is 11.2. The maximum atomic E-state index is 12.2. The second-order valence-electron chi connectivity index (χ2n) is 6.86. The van der Waals surface area contributed by atoms with Crippen LogP contribution in [0.2, 0.25) is 0 Å². The number of piperidine rings is 1. The standard InChI is InChI=1S/C19H24N2O2/c1-3-12-11-21-9-8-14-13-6-4-5-7-16(13)20-18(14)17(21)10-15(12)19(22)23-2/h4-7,12,15,17,20H,3,8-11H2,1-2H3/t12-,15-,17-/m0/s1. The lowest BCUT2D eigenvalue weighted by Gasteiger charge is -2.45. The number of fused-ring (bicyclic) bond motifs is 5. The fourth-order valence-corrected chi connectivity index (χ4v) is 4.57. The van der Waals surface area contributed by atoms with Crippen LogP contribution in [0.3, 0.4) is 0 Å². The molecule has 3 atom stereocenters. The van der Waals surface area contributed by atoms with Gasteiger partial charge in [0.25, 0.3) is 0 Å². The molecule has 0 aliphatic carbocycles. The number of methoxy groups -OCH3 is 1. The topological polar surface area (TPSA) is 45.3 Å². The van der Waals surface area contributed by atoms with Crippen molar-refractivity contribution in [3.05, 3.63) is 35.5 Å². The number of nitrogens with one attached hydrogen (secondary N) is 1. The molecule has 0 saturated carbocycles. The van der Waals surface area contributed by atoms with Gasteiger partial charge in [-0.1, -0.05) is 31.5 Å². The van der Waals surface area contributed by atoms with Crippen LogP contribution >= 0.6 is 0 Å². The molecule has 4 rings (SSSR count). The lowest BCUT2D eigenvalue weighted by Crippen LogP contribution is -2.47. The number of rotatable bonds is 2. The Morgan fingerprint density at radius 3 is 3.00 bits per heavy atom. The van der Waals surface area contributed by atoms with Crippen LogP contribution in [0.1, 0.15) is 37.1 Å². The number of aromatic nitrogens is 1. The summed E-state index contributed by atoms with van der Waals surface area (Å²) in [5, 5.41) is 1.34. The number of carbonyl (C=O) groups is 1. The maximum absolute atomic E-state index is 12.2. The van der Waals surface area contributed by atoms with Crippen LogP contribution in [0, 0.1) is 11.8 Å². The molecule has 3 heterocycles. The number of nitrogens with zero attached hydrogens (tertiary/aromatic N) is 1. The third-order valence-corrected chi connectivity index (χ3v) is 5.81. The first-order valence-corrected chi connectivity index (χ1v) is 8.64. The number of esters is 1. The maximum Gasteiger partial charge on any atom is 0.309 e. The largest absolute Gasteiger partial charge is 0.469 e. The molecule has 1 aromatic heterocycles. The molecule has 0 radical (unpaired) electrons. The van der Waals surface area contributed by atoms with Crippen molar-refractivity contribution in [2.75, 3.05) is 20.2 Å². The molecular weight excluding hydrogens is 288 g/mol. The van der Waals surface area contributed by atoms with Gasteiger partial charge in [-0.15, -0.1) is 0 Å². The molecule has 4 heteroatoms. The molecule has 0 bridgehead atoms. The summed E-state index contributed by atoms with van der Waals surface area (Å²) in [6.07, 6.45) is 2.99. The molecule has 2 aromatic rings. The van der Waals surface area contributed by atoms with Crippen molar-refractivity contribution in [2.24, 2.45) is 11.8 Å². The van der Waals surface area contributed by atoms with Gasteiger partial charge in [-0.2, -0.15) is 0 Å². The van der Waals surface area contributed by atoms with E-state index in [9.17, 15) is 4.79 Å². The Morgan fingerprint density at radius 1 is 1.39 bits per heavy atom. The van der Waals surface area contributed by atoms with Gasteiger partial charge in [0.05, 0.1) is 19.1 Å². The van der Waals surface area contributed by atoms with Crippen LogP contribution < -0.4 is 0 Å². The predicted molar refractivity (Wildman–Crippen MR) is 90.2 cm³/mol.